The molecule has 23 heavy (non-hydrogen) atoms. The topological polar surface area (TPSA) is 52.6 Å². The van der Waals surface area contributed by atoms with Gasteiger partial charge in [-0.3, -0.25) is 9.59 Å². The van der Waals surface area contributed by atoms with Crippen molar-refractivity contribution in [3.63, 3.8) is 0 Å². The van der Waals surface area contributed by atoms with Crippen LogP contribution in [0, 0.1) is 0 Å². The highest BCUT2D eigenvalue weighted by atomic mass is 16.5. The molecule has 136 valence electrons. The van der Waals surface area contributed by atoms with Crippen molar-refractivity contribution in [2.45, 2.75) is 104 Å². The number of hydrogen-bond donors (Lipinski definition) is 0. The zero-order valence-corrected chi connectivity index (χ0v) is 15.4. The van der Waals surface area contributed by atoms with E-state index in [1.165, 1.54) is 19.3 Å². The van der Waals surface area contributed by atoms with E-state index in [9.17, 15) is 9.59 Å². The lowest BCUT2D eigenvalue weighted by molar-refractivity contribution is -0.148. The molecule has 0 aromatic carbocycles. The third-order valence-electron chi connectivity index (χ3n) is 3.80. The van der Waals surface area contributed by atoms with Gasteiger partial charge in [0.25, 0.3) is 0 Å². The molecule has 0 amide bonds. The Morgan fingerprint density at radius 2 is 1.39 bits per heavy atom. The molecule has 0 saturated heterocycles. The second kappa shape index (κ2) is 15.8. The number of esters is 2. The minimum Gasteiger partial charge on any atom is -0.466 e. The van der Waals surface area contributed by atoms with Gasteiger partial charge in [0, 0.05) is 12.8 Å². The van der Waals surface area contributed by atoms with Crippen LogP contribution in [-0.2, 0) is 19.1 Å². The first-order valence-corrected chi connectivity index (χ1v) is 9.45. The molecule has 0 aliphatic heterocycles. The normalized spacial score (nSPS) is 12.0. The maximum Gasteiger partial charge on any atom is 0.306 e. The summed E-state index contributed by atoms with van der Waals surface area (Å²) in [6, 6.07) is 0. The van der Waals surface area contributed by atoms with E-state index in [2.05, 4.69) is 13.8 Å². The highest BCUT2D eigenvalue weighted by Gasteiger charge is 2.08. The summed E-state index contributed by atoms with van der Waals surface area (Å²) in [5.74, 6) is -0.236. The summed E-state index contributed by atoms with van der Waals surface area (Å²) >= 11 is 0. The largest absolute Gasteiger partial charge is 0.466 e. The summed E-state index contributed by atoms with van der Waals surface area (Å²) in [4.78, 5) is 23.1. The zero-order chi connectivity index (χ0) is 17.3. The first-order chi connectivity index (χ1) is 11.1. The van der Waals surface area contributed by atoms with Gasteiger partial charge in [-0.1, -0.05) is 52.4 Å². The lowest BCUT2D eigenvalue weighted by Crippen LogP contribution is -2.14. The summed E-state index contributed by atoms with van der Waals surface area (Å²) in [7, 11) is 0. The molecule has 0 N–H and O–H groups in total. The molecule has 0 spiro atoms. The first-order valence-electron chi connectivity index (χ1n) is 9.45. The quantitative estimate of drug-likeness (QED) is 0.307. The number of hydrogen-bond acceptors (Lipinski definition) is 4. The molecule has 1 unspecified atom stereocenters. The van der Waals surface area contributed by atoms with Crippen LogP contribution in [0.1, 0.15) is 97.8 Å². The molecular weight excluding hydrogens is 292 g/mol. The fourth-order valence-electron chi connectivity index (χ4n) is 2.43. The van der Waals surface area contributed by atoms with Crippen molar-refractivity contribution in [3.05, 3.63) is 0 Å². The van der Waals surface area contributed by atoms with E-state index in [-0.39, 0.29) is 18.0 Å². The van der Waals surface area contributed by atoms with Gasteiger partial charge >= 0.3 is 11.9 Å². The van der Waals surface area contributed by atoms with E-state index >= 15 is 0 Å². The van der Waals surface area contributed by atoms with Crippen LogP contribution in [0.4, 0.5) is 0 Å². The highest BCUT2D eigenvalue weighted by Crippen LogP contribution is 2.08. The average molecular weight is 328 g/mol. The number of unbranched alkanes of at least 4 members (excludes halogenated alkanes) is 6. The predicted molar refractivity (Wildman–Crippen MR) is 93.3 cm³/mol. The standard InChI is InChI=1S/C19H36O4/c1-4-6-7-8-12-16-22-18(20)14-10-9-11-15-19(21)23-17(3)13-5-2/h17H,4-16H2,1-3H3. The van der Waals surface area contributed by atoms with Crippen molar-refractivity contribution in [2.75, 3.05) is 6.61 Å². The summed E-state index contributed by atoms with van der Waals surface area (Å²) in [5, 5.41) is 0. The van der Waals surface area contributed by atoms with E-state index in [1.807, 2.05) is 6.92 Å². The molecular formula is C19H36O4. The number of ether oxygens (including phenoxy) is 2. The number of carbonyl (C=O) groups is 2. The van der Waals surface area contributed by atoms with Crippen molar-refractivity contribution >= 4 is 11.9 Å². The van der Waals surface area contributed by atoms with Crippen LogP contribution in [0.5, 0.6) is 0 Å². The second-order valence-electron chi connectivity index (χ2n) is 6.28. The van der Waals surface area contributed by atoms with E-state index in [4.69, 9.17) is 9.47 Å². The maximum absolute atomic E-state index is 11.6. The maximum atomic E-state index is 11.6. The van der Waals surface area contributed by atoms with Crippen LogP contribution in [0.3, 0.4) is 0 Å². The molecule has 0 bridgehead atoms. The van der Waals surface area contributed by atoms with E-state index in [1.54, 1.807) is 0 Å². The van der Waals surface area contributed by atoms with E-state index in [0.717, 1.165) is 44.9 Å². The van der Waals surface area contributed by atoms with Crippen molar-refractivity contribution < 1.29 is 19.1 Å². The van der Waals surface area contributed by atoms with E-state index < -0.39 is 0 Å². The molecule has 4 nitrogen and oxygen atoms in total. The Morgan fingerprint density at radius 3 is 2.04 bits per heavy atom. The van der Waals surface area contributed by atoms with Crippen molar-refractivity contribution in [3.8, 4) is 0 Å². The van der Waals surface area contributed by atoms with Gasteiger partial charge in [0.2, 0.25) is 0 Å². The van der Waals surface area contributed by atoms with Gasteiger partial charge < -0.3 is 9.47 Å². The molecule has 0 fully saturated rings. The van der Waals surface area contributed by atoms with Crippen LogP contribution < -0.4 is 0 Å². The monoisotopic (exact) mass is 328 g/mol. The molecule has 0 saturated carbocycles. The first kappa shape index (κ1) is 21.9. The molecule has 0 aliphatic rings. The second-order valence-corrected chi connectivity index (χ2v) is 6.28. The molecule has 0 aromatic rings. The minimum absolute atomic E-state index is 0.0137. The van der Waals surface area contributed by atoms with Gasteiger partial charge in [-0.25, -0.2) is 0 Å². The summed E-state index contributed by atoms with van der Waals surface area (Å²) < 4.78 is 10.5. The molecule has 0 heterocycles. The Hall–Kier alpha value is -1.06. The Morgan fingerprint density at radius 1 is 0.783 bits per heavy atom. The molecule has 0 radical (unpaired) electrons. The van der Waals surface area contributed by atoms with Gasteiger partial charge in [0.1, 0.15) is 0 Å². The molecule has 4 heteroatoms. The third kappa shape index (κ3) is 15.6. The Balaban J connectivity index is 3.39. The predicted octanol–water partition coefficient (Wildman–Crippen LogP) is 5.18. The lowest BCUT2D eigenvalue weighted by atomic mass is 10.1. The number of carbonyl (C=O) groups excluding carboxylic acids is 2. The average Bonchev–Trinajstić information content (AvgIpc) is 2.50. The molecule has 1 atom stereocenters. The van der Waals surface area contributed by atoms with Gasteiger partial charge in [0.15, 0.2) is 0 Å². The van der Waals surface area contributed by atoms with Crippen LogP contribution in [0.15, 0.2) is 0 Å². The minimum atomic E-state index is -0.124. The van der Waals surface area contributed by atoms with Crippen molar-refractivity contribution in [1.82, 2.24) is 0 Å². The number of rotatable bonds is 15. The van der Waals surface area contributed by atoms with Crippen LogP contribution in [0.2, 0.25) is 0 Å². The van der Waals surface area contributed by atoms with Crippen LogP contribution >= 0.6 is 0 Å². The van der Waals surface area contributed by atoms with Crippen molar-refractivity contribution in [2.24, 2.45) is 0 Å². The van der Waals surface area contributed by atoms with Gasteiger partial charge in [-0.05, 0) is 32.6 Å². The summed E-state index contributed by atoms with van der Waals surface area (Å²) in [6.07, 6.45) is 11.1. The Labute approximate surface area is 142 Å². The molecule has 0 aromatic heterocycles. The Bertz CT molecular complexity index is 302. The van der Waals surface area contributed by atoms with Crippen LogP contribution in [0.25, 0.3) is 0 Å². The summed E-state index contributed by atoms with van der Waals surface area (Å²) in [6.45, 7) is 6.74. The van der Waals surface area contributed by atoms with Gasteiger partial charge in [0.05, 0.1) is 12.7 Å². The SMILES string of the molecule is CCCCCCCOC(=O)CCCCCC(=O)OC(C)CCC. The Kier molecular flexibility index (Phi) is 15.1. The van der Waals surface area contributed by atoms with Gasteiger partial charge in [-0.2, -0.15) is 0 Å². The van der Waals surface area contributed by atoms with Crippen molar-refractivity contribution in [1.29, 1.82) is 0 Å². The fourth-order valence-corrected chi connectivity index (χ4v) is 2.43. The smallest absolute Gasteiger partial charge is 0.306 e. The fraction of sp³-hybridized carbons (Fsp3) is 0.895. The molecule has 0 rings (SSSR count). The zero-order valence-electron chi connectivity index (χ0n) is 15.4. The summed E-state index contributed by atoms with van der Waals surface area (Å²) in [5.41, 5.74) is 0. The lowest BCUT2D eigenvalue weighted by Gasteiger charge is -2.11. The highest BCUT2D eigenvalue weighted by molar-refractivity contribution is 5.70. The van der Waals surface area contributed by atoms with Gasteiger partial charge in [-0.15, -0.1) is 0 Å². The van der Waals surface area contributed by atoms with E-state index in [0.29, 0.717) is 19.4 Å². The molecule has 0 aliphatic carbocycles. The third-order valence-corrected chi connectivity index (χ3v) is 3.80. The van der Waals surface area contributed by atoms with Crippen LogP contribution in [-0.4, -0.2) is 24.6 Å².